The lowest BCUT2D eigenvalue weighted by molar-refractivity contribution is -0.150. The van der Waals surface area contributed by atoms with Gasteiger partial charge in [-0.25, -0.2) is 9.18 Å². The van der Waals surface area contributed by atoms with Crippen LogP contribution in [0.2, 0.25) is 0 Å². The third-order valence-electron chi connectivity index (χ3n) is 4.11. The van der Waals surface area contributed by atoms with Gasteiger partial charge in [0, 0.05) is 12.6 Å². The van der Waals surface area contributed by atoms with E-state index in [1.807, 2.05) is 0 Å². The molecule has 0 fully saturated rings. The molecule has 1 atom stereocenters. The van der Waals surface area contributed by atoms with Gasteiger partial charge < -0.3 is 19.5 Å². The lowest BCUT2D eigenvalue weighted by atomic mass is 10.1. The van der Waals surface area contributed by atoms with Crippen molar-refractivity contribution < 1.29 is 28.2 Å². The number of rotatable bonds is 9. The van der Waals surface area contributed by atoms with E-state index in [0.717, 1.165) is 11.1 Å². The quantitative estimate of drug-likeness (QED) is 0.516. The van der Waals surface area contributed by atoms with Crippen molar-refractivity contribution in [2.45, 2.75) is 19.4 Å². The Morgan fingerprint density at radius 2 is 1.76 bits per heavy atom. The normalized spacial score (nSPS) is 11.7. The molecule has 0 saturated heterocycles. The fraction of sp³-hybridized carbons (Fsp3) is 0.273. The Bertz CT molecular complexity index is 864. The minimum Gasteiger partial charge on any atom is -0.493 e. The third kappa shape index (κ3) is 6.95. The number of hydrogen-bond acceptors (Lipinski definition) is 5. The number of amides is 1. The average Bonchev–Trinajstić information content (AvgIpc) is 2.73. The van der Waals surface area contributed by atoms with E-state index in [9.17, 15) is 14.0 Å². The minimum absolute atomic E-state index is 0.306. The number of nitrogens with one attached hydrogen (secondary N) is 1. The summed E-state index contributed by atoms with van der Waals surface area (Å²) in [6.45, 7) is 1.85. The van der Waals surface area contributed by atoms with E-state index in [1.165, 1.54) is 39.4 Å². The van der Waals surface area contributed by atoms with Crippen LogP contribution in [0.4, 0.5) is 4.39 Å². The van der Waals surface area contributed by atoms with Crippen LogP contribution in [0.5, 0.6) is 11.5 Å². The van der Waals surface area contributed by atoms with E-state index in [0.29, 0.717) is 24.5 Å². The number of benzene rings is 2. The van der Waals surface area contributed by atoms with E-state index >= 15 is 0 Å². The summed E-state index contributed by atoms with van der Waals surface area (Å²) < 4.78 is 28.4. The second-order valence-electron chi connectivity index (χ2n) is 6.19. The van der Waals surface area contributed by atoms with Crippen LogP contribution in [-0.4, -0.2) is 38.7 Å². The largest absolute Gasteiger partial charge is 0.493 e. The highest BCUT2D eigenvalue weighted by Gasteiger charge is 2.16. The molecule has 2 aromatic carbocycles. The van der Waals surface area contributed by atoms with Gasteiger partial charge in [-0.05, 0) is 54.8 Å². The maximum Gasteiger partial charge on any atom is 0.331 e. The maximum absolute atomic E-state index is 12.9. The molecule has 6 nitrogen and oxygen atoms in total. The highest BCUT2D eigenvalue weighted by Crippen LogP contribution is 2.27. The van der Waals surface area contributed by atoms with Crippen LogP contribution in [-0.2, 0) is 20.7 Å². The van der Waals surface area contributed by atoms with E-state index in [4.69, 9.17) is 14.2 Å². The molecular weight excluding hydrogens is 377 g/mol. The fourth-order valence-electron chi connectivity index (χ4n) is 2.51. The number of hydrogen-bond donors (Lipinski definition) is 1. The Labute approximate surface area is 169 Å². The summed E-state index contributed by atoms with van der Waals surface area (Å²) in [5.41, 5.74) is 1.62. The summed E-state index contributed by atoms with van der Waals surface area (Å²) in [5, 5.41) is 2.69. The molecule has 0 bridgehead atoms. The monoisotopic (exact) mass is 401 g/mol. The first-order chi connectivity index (χ1) is 13.9. The van der Waals surface area contributed by atoms with E-state index < -0.39 is 18.0 Å². The standard InChI is InChI=1S/C22H24FNO5/c1-15(22(26)24-13-12-16-4-8-18(23)9-5-16)29-21(25)11-7-17-6-10-19(27-2)20(14-17)28-3/h4-11,14-15H,12-13H2,1-3H3,(H,24,26)/b11-7+/t15-/m1/s1. The number of esters is 1. The van der Waals surface area contributed by atoms with Crippen molar-refractivity contribution >= 4 is 18.0 Å². The molecule has 0 aliphatic heterocycles. The van der Waals surface area contributed by atoms with Crippen LogP contribution in [0, 0.1) is 5.82 Å². The third-order valence-corrected chi connectivity index (χ3v) is 4.11. The number of carbonyl (C=O) groups is 2. The van der Waals surface area contributed by atoms with Crippen molar-refractivity contribution in [2.75, 3.05) is 20.8 Å². The highest BCUT2D eigenvalue weighted by molar-refractivity contribution is 5.90. The molecule has 0 heterocycles. The SMILES string of the molecule is COc1ccc(/C=C/C(=O)O[C@H](C)C(=O)NCCc2ccc(F)cc2)cc1OC. The van der Waals surface area contributed by atoms with Gasteiger partial charge in [0.25, 0.3) is 5.91 Å². The lowest BCUT2D eigenvalue weighted by Gasteiger charge is -2.12. The number of halogens is 1. The van der Waals surface area contributed by atoms with Gasteiger partial charge in [0.2, 0.25) is 0 Å². The average molecular weight is 401 g/mol. The number of carbonyl (C=O) groups excluding carboxylic acids is 2. The van der Waals surface area contributed by atoms with Crippen LogP contribution >= 0.6 is 0 Å². The van der Waals surface area contributed by atoms with E-state index in [2.05, 4.69) is 5.32 Å². The number of methoxy groups -OCH3 is 2. The molecule has 29 heavy (non-hydrogen) atoms. The number of ether oxygens (including phenoxy) is 3. The molecular formula is C22H24FNO5. The van der Waals surface area contributed by atoms with Gasteiger partial charge in [-0.15, -0.1) is 0 Å². The molecule has 0 aromatic heterocycles. The molecule has 1 amide bonds. The smallest absolute Gasteiger partial charge is 0.331 e. The van der Waals surface area contributed by atoms with Crippen molar-refractivity contribution in [3.63, 3.8) is 0 Å². The Hall–Kier alpha value is -3.35. The fourth-order valence-corrected chi connectivity index (χ4v) is 2.51. The predicted octanol–water partition coefficient (Wildman–Crippen LogP) is 3.15. The zero-order valence-corrected chi connectivity index (χ0v) is 16.6. The molecule has 0 aliphatic carbocycles. The zero-order valence-electron chi connectivity index (χ0n) is 16.6. The Morgan fingerprint density at radius 1 is 1.07 bits per heavy atom. The Balaban J connectivity index is 1.80. The highest BCUT2D eigenvalue weighted by atomic mass is 19.1. The van der Waals surface area contributed by atoms with Crippen LogP contribution in [0.15, 0.2) is 48.5 Å². The second kappa shape index (κ2) is 10.8. The minimum atomic E-state index is -0.939. The van der Waals surface area contributed by atoms with Crippen molar-refractivity contribution in [3.05, 3.63) is 65.5 Å². The topological polar surface area (TPSA) is 73.9 Å². The van der Waals surface area contributed by atoms with Gasteiger partial charge >= 0.3 is 5.97 Å². The molecule has 0 aliphatic rings. The first-order valence-corrected chi connectivity index (χ1v) is 9.06. The zero-order chi connectivity index (χ0) is 21.2. The second-order valence-corrected chi connectivity index (χ2v) is 6.19. The summed E-state index contributed by atoms with van der Waals surface area (Å²) in [4.78, 5) is 24.0. The van der Waals surface area contributed by atoms with Crippen molar-refractivity contribution in [2.24, 2.45) is 0 Å². The molecule has 0 spiro atoms. The first-order valence-electron chi connectivity index (χ1n) is 9.06. The molecule has 7 heteroatoms. The van der Waals surface area contributed by atoms with Gasteiger partial charge in [-0.1, -0.05) is 18.2 Å². The molecule has 1 N–H and O–H groups in total. The summed E-state index contributed by atoms with van der Waals surface area (Å²) in [6.07, 6.45) is 2.41. The van der Waals surface area contributed by atoms with E-state index in [-0.39, 0.29) is 5.82 Å². The van der Waals surface area contributed by atoms with Gasteiger partial charge in [0.15, 0.2) is 17.6 Å². The van der Waals surface area contributed by atoms with Crippen molar-refractivity contribution in [1.82, 2.24) is 5.32 Å². The summed E-state index contributed by atoms with van der Waals surface area (Å²) >= 11 is 0. The Morgan fingerprint density at radius 3 is 2.41 bits per heavy atom. The first kappa shape index (κ1) is 21.9. The van der Waals surface area contributed by atoms with Gasteiger partial charge in [-0.2, -0.15) is 0 Å². The van der Waals surface area contributed by atoms with Crippen LogP contribution in [0.3, 0.4) is 0 Å². The van der Waals surface area contributed by atoms with Gasteiger partial charge in [0.05, 0.1) is 14.2 Å². The lowest BCUT2D eigenvalue weighted by Crippen LogP contribution is -2.36. The van der Waals surface area contributed by atoms with Gasteiger partial charge in [-0.3, -0.25) is 4.79 Å². The van der Waals surface area contributed by atoms with Crippen molar-refractivity contribution in [1.29, 1.82) is 0 Å². The molecule has 0 radical (unpaired) electrons. The molecule has 0 unspecified atom stereocenters. The summed E-state index contributed by atoms with van der Waals surface area (Å²) in [6, 6.07) is 11.2. The maximum atomic E-state index is 12.9. The molecule has 154 valence electrons. The van der Waals surface area contributed by atoms with E-state index in [1.54, 1.807) is 36.4 Å². The summed E-state index contributed by atoms with van der Waals surface area (Å²) in [5.74, 6) is -0.226. The molecule has 2 aromatic rings. The summed E-state index contributed by atoms with van der Waals surface area (Å²) in [7, 11) is 3.06. The van der Waals surface area contributed by atoms with Crippen molar-refractivity contribution in [3.8, 4) is 11.5 Å². The predicted molar refractivity (Wildman–Crippen MR) is 107 cm³/mol. The van der Waals surface area contributed by atoms with Crippen LogP contribution in [0.25, 0.3) is 6.08 Å². The van der Waals surface area contributed by atoms with Gasteiger partial charge in [0.1, 0.15) is 5.82 Å². The van der Waals surface area contributed by atoms with Crippen LogP contribution in [0.1, 0.15) is 18.1 Å². The Kier molecular flexibility index (Phi) is 8.21. The molecule has 2 rings (SSSR count). The molecule has 0 saturated carbocycles. The van der Waals surface area contributed by atoms with Crippen LogP contribution < -0.4 is 14.8 Å².